The number of anilines is 2. The van der Waals surface area contributed by atoms with Crippen LogP contribution >= 0.6 is 15.9 Å². The van der Waals surface area contributed by atoms with Crippen molar-refractivity contribution in [3.8, 4) is 0 Å². The molecule has 0 amide bonds. The van der Waals surface area contributed by atoms with E-state index in [1.165, 1.54) is 0 Å². The minimum atomic E-state index is -0.206. The zero-order chi connectivity index (χ0) is 16.9. The molecule has 120 valence electrons. The molecule has 0 aliphatic heterocycles. The Labute approximate surface area is 148 Å². The molecule has 0 radical (unpaired) electrons. The molecule has 24 heavy (non-hydrogen) atoms. The number of para-hydroxylation sites is 2. The molecular weight excluding hydrogens is 368 g/mol. The lowest BCUT2D eigenvalue weighted by Crippen LogP contribution is -2.24. The molecule has 3 aromatic rings. The van der Waals surface area contributed by atoms with Gasteiger partial charge in [-0.25, -0.2) is 0 Å². The predicted molar refractivity (Wildman–Crippen MR) is 99.9 cm³/mol. The first kappa shape index (κ1) is 16.2. The van der Waals surface area contributed by atoms with Crippen LogP contribution in [-0.4, -0.2) is 5.78 Å². The fourth-order valence-electron chi connectivity index (χ4n) is 2.32. The number of nitrogens with zero attached hydrogens (tertiary/aromatic N) is 1. The Hall–Kier alpha value is -2.63. The topological polar surface area (TPSA) is 55.4 Å². The molecule has 3 rings (SSSR count). The van der Waals surface area contributed by atoms with Crippen molar-refractivity contribution < 1.29 is 4.79 Å². The largest absolute Gasteiger partial charge is 0.739 e. The lowest BCUT2D eigenvalue weighted by atomic mass is 10.0. The molecule has 0 saturated carbocycles. The molecular formula is C19H14BrN2O2-. The molecule has 0 fully saturated rings. The minimum absolute atomic E-state index is 0.206. The molecule has 1 N–H and O–H groups in total. The Morgan fingerprint density at radius 3 is 2.38 bits per heavy atom. The fraction of sp³-hybridized carbons (Fsp3) is 0. The van der Waals surface area contributed by atoms with Crippen molar-refractivity contribution in [2.45, 2.75) is 0 Å². The molecule has 5 heteroatoms. The van der Waals surface area contributed by atoms with E-state index in [0.29, 0.717) is 22.0 Å². The molecule has 0 aliphatic carbocycles. The lowest BCUT2D eigenvalue weighted by Gasteiger charge is -2.33. The van der Waals surface area contributed by atoms with E-state index in [9.17, 15) is 10.0 Å². The second kappa shape index (κ2) is 7.29. The number of carbonyl (C=O) groups excluding carboxylic acids is 1. The van der Waals surface area contributed by atoms with Crippen molar-refractivity contribution in [2.75, 3.05) is 10.6 Å². The van der Waals surface area contributed by atoms with E-state index >= 15 is 0 Å². The second-order valence-electron chi connectivity index (χ2n) is 5.13. The third-order valence-electron chi connectivity index (χ3n) is 3.46. The van der Waals surface area contributed by atoms with Gasteiger partial charge in [0.2, 0.25) is 0 Å². The highest BCUT2D eigenvalue weighted by Gasteiger charge is 2.14. The van der Waals surface area contributed by atoms with Crippen molar-refractivity contribution in [2.24, 2.45) is 0 Å². The number of nitrogens with one attached hydrogen (secondary N) is 1. The van der Waals surface area contributed by atoms with Crippen LogP contribution in [-0.2, 0) is 0 Å². The van der Waals surface area contributed by atoms with Crippen molar-refractivity contribution >= 4 is 33.1 Å². The molecule has 0 unspecified atom stereocenters. The highest BCUT2D eigenvalue weighted by molar-refractivity contribution is 9.10. The Morgan fingerprint density at radius 2 is 1.62 bits per heavy atom. The van der Waals surface area contributed by atoms with Gasteiger partial charge in [-0.05, 0) is 36.4 Å². The number of hydrazine groups is 1. The number of halogens is 1. The van der Waals surface area contributed by atoms with Gasteiger partial charge in [0.1, 0.15) is 0 Å². The highest BCUT2D eigenvalue weighted by Crippen LogP contribution is 2.24. The van der Waals surface area contributed by atoms with Crippen LogP contribution in [0.3, 0.4) is 0 Å². The number of hydrogen-bond donors (Lipinski definition) is 1. The number of benzene rings is 3. The van der Waals surface area contributed by atoms with Crippen LogP contribution in [0, 0.1) is 5.21 Å². The summed E-state index contributed by atoms with van der Waals surface area (Å²) in [5, 5.41) is 13.1. The second-order valence-corrected chi connectivity index (χ2v) is 6.04. The Kier molecular flexibility index (Phi) is 4.93. The minimum Gasteiger partial charge on any atom is -0.739 e. The monoisotopic (exact) mass is 381 g/mol. The summed E-state index contributed by atoms with van der Waals surface area (Å²) in [6.07, 6.45) is 0. The zero-order valence-corrected chi connectivity index (χ0v) is 14.2. The summed E-state index contributed by atoms with van der Waals surface area (Å²) in [6.45, 7) is 0. The van der Waals surface area contributed by atoms with Crippen LogP contribution in [0.1, 0.15) is 15.9 Å². The van der Waals surface area contributed by atoms with Gasteiger partial charge in [-0.1, -0.05) is 58.4 Å². The van der Waals surface area contributed by atoms with Gasteiger partial charge < -0.3 is 15.8 Å². The molecule has 4 nitrogen and oxygen atoms in total. The van der Waals surface area contributed by atoms with E-state index in [-0.39, 0.29) is 11.5 Å². The maximum atomic E-state index is 12.8. The van der Waals surface area contributed by atoms with E-state index in [1.807, 2.05) is 24.3 Å². The van der Waals surface area contributed by atoms with Crippen LogP contribution < -0.4 is 10.6 Å². The number of hydrogen-bond acceptors (Lipinski definition) is 4. The summed E-state index contributed by atoms with van der Waals surface area (Å²) >= 11 is 3.36. The van der Waals surface area contributed by atoms with Gasteiger partial charge in [-0.15, -0.1) is 0 Å². The summed E-state index contributed by atoms with van der Waals surface area (Å²) in [5.41, 5.74) is 4.51. The van der Waals surface area contributed by atoms with Crippen molar-refractivity contribution in [3.63, 3.8) is 0 Å². The molecule has 0 aliphatic rings. The van der Waals surface area contributed by atoms with E-state index in [1.54, 1.807) is 54.6 Å². The van der Waals surface area contributed by atoms with Crippen molar-refractivity contribution in [1.82, 2.24) is 0 Å². The first-order valence-corrected chi connectivity index (χ1v) is 8.13. The molecule has 0 heterocycles. The summed E-state index contributed by atoms with van der Waals surface area (Å²) in [5.74, 6) is -0.206. The van der Waals surface area contributed by atoms with Gasteiger partial charge >= 0.3 is 0 Å². The van der Waals surface area contributed by atoms with Crippen LogP contribution in [0.2, 0.25) is 0 Å². The van der Waals surface area contributed by atoms with E-state index in [4.69, 9.17) is 0 Å². The van der Waals surface area contributed by atoms with Crippen LogP contribution in [0.5, 0.6) is 0 Å². The number of rotatable bonds is 5. The smallest absolute Gasteiger partial charge is 0.195 e. The summed E-state index contributed by atoms with van der Waals surface area (Å²) in [4.78, 5) is 12.8. The first-order valence-electron chi connectivity index (χ1n) is 7.33. The van der Waals surface area contributed by atoms with Crippen molar-refractivity contribution in [1.29, 1.82) is 0 Å². The Bertz CT molecular complexity index is 853. The maximum Gasteiger partial charge on any atom is 0.195 e. The number of ketones is 1. The fourth-order valence-corrected chi connectivity index (χ4v) is 2.72. The standard InChI is InChI=1S/C19H14BrN2O2/c20-15-8-6-7-14(13-15)19(23)17-11-4-5-12-18(17)22(24)21-16-9-2-1-3-10-16/h1-13,21H/q-1. The summed E-state index contributed by atoms with van der Waals surface area (Å²) in [7, 11) is 0. The molecule has 0 saturated heterocycles. The third kappa shape index (κ3) is 3.64. The highest BCUT2D eigenvalue weighted by atomic mass is 79.9. The molecule has 0 atom stereocenters. The molecule has 0 bridgehead atoms. The van der Waals surface area contributed by atoms with Gasteiger partial charge in [0.05, 0.1) is 11.4 Å². The molecule has 0 aromatic heterocycles. The maximum absolute atomic E-state index is 12.8. The lowest BCUT2D eigenvalue weighted by molar-refractivity contribution is 0.103. The summed E-state index contributed by atoms with van der Waals surface area (Å²) < 4.78 is 0.812. The van der Waals surface area contributed by atoms with E-state index < -0.39 is 0 Å². The molecule has 3 aromatic carbocycles. The predicted octanol–water partition coefficient (Wildman–Crippen LogP) is 5.01. The first-order chi connectivity index (χ1) is 11.6. The normalized spacial score (nSPS) is 10.2. The van der Waals surface area contributed by atoms with Crippen molar-refractivity contribution in [3.05, 3.63) is 99.7 Å². The SMILES string of the molecule is O=C(c1cccc(Br)c1)c1ccccc1N([O-])Nc1ccccc1. The van der Waals surface area contributed by atoms with Gasteiger partial charge in [-0.2, -0.15) is 0 Å². The van der Waals surface area contributed by atoms with Gasteiger partial charge in [0, 0.05) is 15.6 Å². The average molecular weight is 382 g/mol. The van der Waals surface area contributed by atoms with E-state index in [0.717, 1.165) is 4.47 Å². The third-order valence-corrected chi connectivity index (χ3v) is 3.95. The Morgan fingerprint density at radius 1 is 0.917 bits per heavy atom. The van der Waals surface area contributed by atoms with Gasteiger partial charge in [0.25, 0.3) is 0 Å². The van der Waals surface area contributed by atoms with Crippen LogP contribution in [0.15, 0.2) is 83.3 Å². The number of carbonyl (C=O) groups is 1. The average Bonchev–Trinajstić information content (AvgIpc) is 2.62. The Balaban J connectivity index is 1.91. The summed E-state index contributed by atoms with van der Waals surface area (Å²) in [6, 6.07) is 22.9. The zero-order valence-electron chi connectivity index (χ0n) is 12.6. The molecule has 0 spiro atoms. The van der Waals surface area contributed by atoms with Gasteiger partial charge in [-0.3, -0.25) is 4.79 Å². The van der Waals surface area contributed by atoms with E-state index in [2.05, 4.69) is 21.4 Å². The van der Waals surface area contributed by atoms with Gasteiger partial charge in [0.15, 0.2) is 5.78 Å². The van der Waals surface area contributed by atoms with Crippen LogP contribution in [0.4, 0.5) is 11.4 Å². The van der Waals surface area contributed by atoms with Crippen LogP contribution in [0.25, 0.3) is 0 Å². The quantitative estimate of drug-likeness (QED) is 0.498.